The number of hydrogen-bond donors (Lipinski definition) is 3. The lowest BCUT2D eigenvalue weighted by Crippen LogP contribution is -2.45. The molecule has 2 rings (SSSR count). The number of carboxylic acid groups (broad SMARTS) is 1. The summed E-state index contributed by atoms with van der Waals surface area (Å²) in [4.78, 5) is 25.5. The van der Waals surface area contributed by atoms with E-state index >= 15 is 0 Å². The van der Waals surface area contributed by atoms with Crippen molar-refractivity contribution in [3.05, 3.63) is 29.8 Å². The lowest BCUT2D eigenvalue weighted by Gasteiger charge is -2.30. The molecule has 0 saturated carbocycles. The number of carbonyl (C=O) groups is 2. The van der Waals surface area contributed by atoms with E-state index in [0.29, 0.717) is 6.42 Å². The zero-order valence-corrected chi connectivity index (χ0v) is 16.8. The summed E-state index contributed by atoms with van der Waals surface area (Å²) in [5, 5.41) is 14.5. The third-order valence-electron chi connectivity index (χ3n) is 5.19. The summed E-state index contributed by atoms with van der Waals surface area (Å²) in [7, 11) is 0. The maximum Gasteiger partial charge on any atom is 0.319 e. The highest BCUT2D eigenvalue weighted by atomic mass is 16.4. The summed E-state index contributed by atoms with van der Waals surface area (Å²) in [6, 6.07) is 7.62. The quantitative estimate of drug-likeness (QED) is 0.647. The highest BCUT2D eigenvalue weighted by molar-refractivity contribution is 5.89. The van der Waals surface area contributed by atoms with Crippen molar-refractivity contribution in [1.82, 2.24) is 10.2 Å². The molecule has 3 N–H and O–H groups in total. The molecule has 1 heterocycles. The molecular weight excluding hydrogens is 342 g/mol. The van der Waals surface area contributed by atoms with Gasteiger partial charge >= 0.3 is 12.0 Å². The van der Waals surface area contributed by atoms with E-state index in [9.17, 15) is 9.59 Å². The number of carboxylic acids is 1. The Hall–Kier alpha value is -2.08. The minimum absolute atomic E-state index is 0.0258. The lowest BCUT2D eigenvalue weighted by atomic mass is 9.99. The summed E-state index contributed by atoms with van der Waals surface area (Å²) in [6.07, 6.45) is 3.93. The number of rotatable bonds is 8. The van der Waals surface area contributed by atoms with Crippen LogP contribution in [-0.4, -0.2) is 47.2 Å². The molecule has 0 atom stereocenters. The van der Waals surface area contributed by atoms with Crippen LogP contribution < -0.4 is 10.6 Å². The SMILES string of the molecule is CC1CCN(CCc2cccc(NC(=O)NC(C)(C)CCC(=O)O)c2)CC1. The largest absolute Gasteiger partial charge is 0.481 e. The van der Waals surface area contributed by atoms with Crippen molar-refractivity contribution in [2.75, 3.05) is 25.0 Å². The van der Waals surface area contributed by atoms with Gasteiger partial charge in [-0.3, -0.25) is 4.79 Å². The molecule has 0 radical (unpaired) electrons. The van der Waals surface area contributed by atoms with Crippen LogP contribution in [0.2, 0.25) is 0 Å². The molecule has 6 nitrogen and oxygen atoms in total. The van der Waals surface area contributed by atoms with Crippen LogP contribution in [0.15, 0.2) is 24.3 Å². The lowest BCUT2D eigenvalue weighted by molar-refractivity contribution is -0.137. The number of piperidine rings is 1. The first-order valence-corrected chi connectivity index (χ1v) is 9.86. The monoisotopic (exact) mass is 375 g/mol. The van der Waals surface area contributed by atoms with Crippen molar-refractivity contribution in [3.8, 4) is 0 Å². The normalized spacial score (nSPS) is 16.1. The van der Waals surface area contributed by atoms with E-state index in [-0.39, 0.29) is 12.5 Å². The van der Waals surface area contributed by atoms with Crippen molar-refractivity contribution in [2.24, 2.45) is 5.92 Å². The molecule has 1 aromatic carbocycles. The molecule has 150 valence electrons. The van der Waals surface area contributed by atoms with Crippen LogP contribution in [0.5, 0.6) is 0 Å². The molecule has 1 aromatic rings. The van der Waals surface area contributed by atoms with Crippen molar-refractivity contribution in [2.45, 2.75) is 58.4 Å². The summed E-state index contributed by atoms with van der Waals surface area (Å²) >= 11 is 0. The van der Waals surface area contributed by atoms with Gasteiger partial charge in [0.1, 0.15) is 0 Å². The first-order valence-electron chi connectivity index (χ1n) is 9.86. The second-order valence-corrected chi connectivity index (χ2v) is 8.33. The first kappa shape index (κ1) is 21.2. The number of aliphatic carboxylic acids is 1. The summed E-state index contributed by atoms with van der Waals surface area (Å²) < 4.78 is 0. The molecular formula is C21H33N3O3. The third-order valence-corrected chi connectivity index (χ3v) is 5.19. The Kier molecular flexibility index (Phi) is 7.66. The van der Waals surface area contributed by atoms with Crippen molar-refractivity contribution < 1.29 is 14.7 Å². The molecule has 1 fully saturated rings. The molecule has 0 aromatic heterocycles. The van der Waals surface area contributed by atoms with Gasteiger partial charge in [0.15, 0.2) is 0 Å². The fraction of sp³-hybridized carbons (Fsp3) is 0.619. The summed E-state index contributed by atoms with van der Waals surface area (Å²) in [5.41, 5.74) is 1.38. The van der Waals surface area contributed by atoms with Crippen LogP contribution in [0, 0.1) is 5.92 Å². The molecule has 1 saturated heterocycles. The Morgan fingerprint density at radius 2 is 1.96 bits per heavy atom. The molecule has 1 aliphatic rings. The molecule has 1 aliphatic heterocycles. The van der Waals surface area contributed by atoms with Gasteiger partial charge in [0.25, 0.3) is 0 Å². The highest BCUT2D eigenvalue weighted by Crippen LogP contribution is 2.18. The van der Waals surface area contributed by atoms with Gasteiger partial charge in [0.2, 0.25) is 0 Å². The van der Waals surface area contributed by atoms with E-state index in [0.717, 1.165) is 24.6 Å². The van der Waals surface area contributed by atoms with E-state index in [1.165, 1.54) is 31.5 Å². The zero-order valence-electron chi connectivity index (χ0n) is 16.8. The minimum Gasteiger partial charge on any atom is -0.481 e. The van der Waals surface area contributed by atoms with Crippen molar-refractivity contribution in [3.63, 3.8) is 0 Å². The summed E-state index contributed by atoms with van der Waals surface area (Å²) in [6.45, 7) is 9.36. The fourth-order valence-electron chi connectivity index (χ4n) is 3.33. The van der Waals surface area contributed by atoms with Crippen LogP contribution in [0.3, 0.4) is 0 Å². The second kappa shape index (κ2) is 9.74. The van der Waals surface area contributed by atoms with Crippen molar-refractivity contribution >= 4 is 17.7 Å². The van der Waals surface area contributed by atoms with E-state index in [4.69, 9.17) is 5.11 Å². The number of urea groups is 1. The van der Waals surface area contributed by atoms with Crippen LogP contribution >= 0.6 is 0 Å². The highest BCUT2D eigenvalue weighted by Gasteiger charge is 2.21. The zero-order chi connectivity index (χ0) is 19.9. The number of anilines is 1. The standard InChI is InChI=1S/C21H33N3O3/c1-16-8-12-24(13-9-16)14-10-17-5-4-6-18(15-17)22-20(27)23-21(2,3)11-7-19(25)26/h4-6,15-16H,7-14H2,1-3H3,(H,25,26)(H2,22,23,27). The molecule has 6 heteroatoms. The van der Waals surface area contributed by atoms with Gasteiger partial charge in [-0.1, -0.05) is 19.1 Å². The molecule has 27 heavy (non-hydrogen) atoms. The number of carbonyl (C=O) groups excluding carboxylic acids is 1. The number of nitrogens with zero attached hydrogens (tertiary/aromatic N) is 1. The maximum atomic E-state index is 12.2. The molecule has 0 bridgehead atoms. The number of amides is 2. The minimum atomic E-state index is -0.860. The van der Waals surface area contributed by atoms with Crippen LogP contribution in [0.25, 0.3) is 0 Å². The second-order valence-electron chi connectivity index (χ2n) is 8.33. The Bertz CT molecular complexity index is 637. The number of likely N-dealkylation sites (tertiary alicyclic amines) is 1. The summed E-state index contributed by atoms with van der Waals surface area (Å²) in [5.74, 6) is -0.0202. The van der Waals surface area contributed by atoms with E-state index in [1.54, 1.807) is 0 Å². The average molecular weight is 376 g/mol. The third kappa shape index (κ3) is 7.99. The Morgan fingerprint density at radius 1 is 1.26 bits per heavy atom. The Labute approximate surface area is 162 Å². The fourth-order valence-corrected chi connectivity index (χ4v) is 3.33. The van der Waals surface area contributed by atoms with Gasteiger partial charge < -0.3 is 20.6 Å². The van der Waals surface area contributed by atoms with E-state index in [2.05, 4.69) is 28.5 Å². The van der Waals surface area contributed by atoms with Crippen molar-refractivity contribution in [1.29, 1.82) is 0 Å². The molecule has 0 aliphatic carbocycles. The predicted octanol–water partition coefficient (Wildman–Crippen LogP) is 3.73. The van der Waals surface area contributed by atoms with Gasteiger partial charge in [-0.2, -0.15) is 0 Å². The number of hydrogen-bond acceptors (Lipinski definition) is 3. The van der Waals surface area contributed by atoms with Crippen LogP contribution in [0.4, 0.5) is 10.5 Å². The van der Waals surface area contributed by atoms with Crippen LogP contribution in [-0.2, 0) is 11.2 Å². The number of nitrogens with one attached hydrogen (secondary N) is 2. The molecule has 0 spiro atoms. The topological polar surface area (TPSA) is 81.7 Å². The van der Waals surface area contributed by atoms with Gasteiger partial charge in [-0.25, -0.2) is 4.79 Å². The molecule has 2 amide bonds. The maximum absolute atomic E-state index is 12.2. The first-order chi connectivity index (χ1) is 12.7. The van der Waals surface area contributed by atoms with E-state index < -0.39 is 11.5 Å². The Morgan fingerprint density at radius 3 is 2.63 bits per heavy atom. The van der Waals surface area contributed by atoms with Gasteiger partial charge in [0.05, 0.1) is 0 Å². The predicted molar refractivity (Wildman–Crippen MR) is 108 cm³/mol. The molecule has 0 unspecified atom stereocenters. The average Bonchev–Trinajstić information content (AvgIpc) is 2.59. The number of benzene rings is 1. The van der Waals surface area contributed by atoms with Gasteiger partial charge in [-0.15, -0.1) is 0 Å². The van der Waals surface area contributed by atoms with E-state index in [1.807, 2.05) is 32.0 Å². The van der Waals surface area contributed by atoms with Gasteiger partial charge in [0, 0.05) is 24.2 Å². The Balaban J connectivity index is 1.82. The van der Waals surface area contributed by atoms with Crippen LogP contribution in [0.1, 0.15) is 52.0 Å². The van der Waals surface area contributed by atoms with Gasteiger partial charge in [-0.05, 0) is 76.2 Å². The smallest absolute Gasteiger partial charge is 0.319 e.